The summed E-state index contributed by atoms with van der Waals surface area (Å²) in [5, 5.41) is 32.9. The molecule has 0 saturated heterocycles. The van der Waals surface area contributed by atoms with Gasteiger partial charge in [0.15, 0.2) is 0 Å². The van der Waals surface area contributed by atoms with Crippen molar-refractivity contribution < 1.29 is 15.1 Å². The smallest absolute Gasteiger partial charge is 0.292 e. The Balaban J connectivity index is 2.89. The molecule has 0 aliphatic rings. The minimum atomic E-state index is -0.956. The topological polar surface area (TPSA) is 95.6 Å². The van der Waals surface area contributed by atoms with Crippen LogP contribution in [0.3, 0.4) is 0 Å². The average Bonchev–Trinajstić information content (AvgIpc) is 2.35. The number of nitro benzene ring substituents is 1. The Bertz CT molecular complexity index is 451. The van der Waals surface area contributed by atoms with E-state index in [0.717, 1.165) is 0 Å². The summed E-state index contributed by atoms with van der Waals surface area (Å²) < 4.78 is 0. The molecule has 0 aliphatic carbocycles. The molecule has 0 amide bonds. The van der Waals surface area contributed by atoms with Crippen molar-refractivity contribution in [3.8, 4) is 0 Å². The number of rotatable bonds is 7. The summed E-state index contributed by atoms with van der Waals surface area (Å²) in [5.41, 5.74) is -0.143. The molecule has 3 N–H and O–H groups in total. The second-order valence-electron chi connectivity index (χ2n) is 4.55. The van der Waals surface area contributed by atoms with Gasteiger partial charge >= 0.3 is 0 Å². The fraction of sp³-hybridized carbons (Fsp3) is 0.500. The van der Waals surface area contributed by atoms with Crippen molar-refractivity contribution in [2.24, 2.45) is 0 Å². The van der Waals surface area contributed by atoms with Crippen LogP contribution >= 0.6 is 11.8 Å². The van der Waals surface area contributed by atoms with Crippen molar-refractivity contribution in [3.05, 3.63) is 33.9 Å². The molecule has 106 valence electrons. The van der Waals surface area contributed by atoms with E-state index in [1.165, 1.54) is 30.0 Å². The number of aliphatic hydroxyl groups is 2. The zero-order valence-electron chi connectivity index (χ0n) is 10.9. The molecule has 0 fully saturated rings. The van der Waals surface area contributed by atoms with E-state index in [4.69, 9.17) is 5.11 Å². The van der Waals surface area contributed by atoms with Gasteiger partial charge in [0.25, 0.3) is 5.69 Å². The molecular weight excluding hydrogens is 268 g/mol. The van der Waals surface area contributed by atoms with Gasteiger partial charge < -0.3 is 15.5 Å². The molecule has 0 radical (unpaired) electrons. The summed E-state index contributed by atoms with van der Waals surface area (Å²) in [5.74, 6) is 0.521. The van der Waals surface area contributed by atoms with Crippen molar-refractivity contribution in [2.75, 3.05) is 23.9 Å². The van der Waals surface area contributed by atoms with Crippen molar-refractivity contribution in [1.29, 1.82) is 0 Å². The SMILES string of the molecule is CSCC(C)(O)CNc1cc(CO)ccc1[N+](=O)[O-]. The number of benzene rings is 1. The van der Waals surface area contributed by atoms with Crippen molar-refractivity contribution in [3.63, 3.8) is 0 Å². The first kappa shape index (κ1) is 15.7. The summed E-state index contributed by atoms with van der Waals surface area (Å²) in [4.78, 5) is 10.4. The van der Waals surface area contributed by atoms with Gasteiger partial charge in [-0.3, -0.25) is 10.1 Å². The van der Waals surface area contributed by atoms with Crippen LogP contribution in [0.1, 0.15) is 12.5 Å². The van der Waals surface area contributed by atoms with Crippen LogP contribution in [-0.4, -0.2) is 39.3 Å². The third kappa shape index (κ3) is 4.70. The molecule has 1 aromatic rings. The summed E-state index contributed by atoms with van der Waals surface area (Å²) in [6.45, 7) is 1.68. The molecule has 0 saturated carbocycles. The summed E-state index contributed by atoms with van der Waals surface area (Å²) in [6, 6.07) is 4.37. The van der Waals surface area contributed by atoms with Crippen LogP contribution in [0.15, 0.2) is 18.2 Å². The van der Waals surface area contributed by atoms with E-state index in [0.29, 0.717) is 17.0 Å². The van der Waals surface area contributed by atoms with E-state index in [1.54, 1.807) is 6.92 Å². The van der Waals surface area contributed by atoms with Gasteiger partial charge in [-0.15, -0.1) is 0 Å². The third-order valence-corrected chi connectivity index (χ3v) is 3.47. The molecule has 0 heterocycles. The maximum atomic E-state index is 10.9. The molecule has 1 atom stereocenters. The maximum Gasteiger partial charge on any atom is 0.292 e. The summed E-state index contributed by atoms with van der Waals surface area (Å²) in [7, 11) is 0. The van der Waals surface area contributed by atoms with Crippen LogP contribution in [0.5, 0.6) is 0 Å². The standard InChI is InChI=1S/C12H18N2O4S/c1-12(16,8-19-2)7-13-10-5-9(6-15)3-4-11(10)14(17)18/h3-5,13,15-16H,6-8H2,1-2H3. The number of aliphatic hydroxyl groups excluding tert-OH is 1. The van der Waals surface area contributed by atoms with Gasteiger partial charge in [-0.1, -0.05) is 0 Å². The second kappa shape index (κ2) is 6.74. The number of nitrogens with one attached hydrogen (secondary N) is 1. The molecule has 0 spiro atoms. The predicted molar refractivity (Wildman–Crippen MR) is 76.5 cm³/mol. The number of thioether (sulfide) groups is 1. The number of hydrogen-bond donors (Lipinski definition) is 3. The Labute approximate surface area is 116 Å². The first-order valence-corrected chi connectivity index (χ1v) is 7.12. The van der Waals surface area contributed by atoms with Gasteiger partial charge in [0.1, 0.15) is 5.69 Å². The molecule has 1 rings (SSSR count). The molecule has 19 heavy (non-hydrogen) atoms. The minimum absolute atomic E-state index is 0.0721. The lowest BCUT2D eigenvalue weighted by Gasteiger charge is -2.23. The van der Waals surface area contributed by atoms with E-state index in [-0.39, 0.29) is 18.8 Å². The fourth-order valence-electron chi connectivity index (χ4n) is 1.63. The largest absolute Gasteiger partial charge is 0.392 e. The van der Waals surface area contributed by atoms with Crippen molar-refractivity contribution >= 4 is 23.1 Å². The van der Waals surface area contributed by atoms with E-state index in [2.05, 4.69) is 5.32 Å². The fourth-order valence-corrected chi connectivity index (χ4v) is 2.35. The quantitative estimate of drug-likeness (QED) is 0.520. The Morgan fingerprint density at radius 1 is 1.53 bits per heavy atom. The molecule has 7 heteroatoms. The Kier molecular flexibility index (Phi) is 5.59. The molecule has 1 aromatic carbocycles. The van der Waals surface area contributed by atoms with Gasteiger partial charge in [-0.25, -0.2) is 0 Å². The van der Waals surface area contributed by atoms with Gasteiger partial charge in [-0.05, 0) is 30.9 Å². The number of hydrogen-bond acceptors (Lipinski definition) is 6. The highest BCUT2D eigenvalue weighted by molar-refractivity contribution is 7.98. The Morgan fingerprint density at radius 2 is 2.21 bits per heavy atom. The van der Waals surface area contributed by atoms with Gasteiger partial charge in [0, 0.05) is 18.4 Å². The molecule has 0 aromatic heterocycles. The first-order valence-electron chi connectivity index (χ1n) is 5.73. The Hall–Kier alpha value is -1.31. The van der Waals surface area contributed by atoms with Crippen LogP contribution in [0, 0.1) is 10.1 Å². The number of nitro groups is 1. The highest BCUT2D eigenvalue weighted by Crippen LogP contribution is 2.26. The zero-order valence-corrected chi connectivity index (χ0v) is 11.7. The van der Waals surface area contributed by atoms with Crippen LogP contribution in [0.4, 0.5) is 11.4 Å². The van der Waals surface area contributed by atoms with Crippen molar-refractivity contribution in [1.82, 2.24) is 0 Å². The Morgan fingerprint density at radius 3 is 2.74 bits per heavy atom. The van der Waals surface area contributed by atoms with Gasteiger partial charge in [-0.2, -0.15) is 11.8 Å². The van der Waals surface area contributed by atoms with Crippen LogP contribution < -0.4 is 5.32 Å². The molecule has 0 bridgehead atoms. The maximum absolute atomic E-state index is 10.9. The van der Waals surface area contributed by atoms with E-state index in [9.17, 15) is 15.2 Å². The molecule has 6 nitrogen and oxygen atoms in total. The van der Waals surface area contributed by atoms with Crippen LogP contribution in [0.2, 0.25) is 0 Å². The summed E-state index contributed by atoms with van der Waals surface area (Å²) in [6.07, 6.45) is 1.88. The molecule has 0 aliphatic heterocycles. The second-order valence-corrected chi connectivity index (χ2v) is 5.42. The average molecular weight is 286 g/mol. The highest BCUT2D eigenvalue weighted by atomic mass is 32.2. The molecule has 1 unspecified atom stereocenters. The zero-order chi connectivity index (χ0) is 14.5. The monoisotopic (exact) mass is 286 g/mol. The third-order valence-electron chi connectivity index (χ3n) is 2.56. The lowest BCUT2D eigenvalue weighted by molar-refractivity contribution is -0.384. The first-order chi connectivity index (χ1) is 8.89. The van der Waals surface area contributed by atoms with Crippen LogP contribution in [0.25, 0.3) is 0 Å². The molecular formula is C12H18N2O4S. The minimum Gasteiger partial charge on any atom is -0.392 e. The number of nitrogens with zero attached hydrogens (tertiary/aromatic N) is 1. The van der Waals surface area contributed by atoms with E-state index < -0.39 is 10.5 Å². The van der Waals surface area contributed by atoms with E-state index >= 15 is 0 Å². The van der Waals surface area contributed by atoms with Gasteiger partial charge in [0.05, 0.1) is 17.1 Å². The predicted octanol–water partition coefficient (Wildman–Crippen LogP) is 1.61. The summed E-state index contributed by atoms with van der Waals surface area (Å²) >= 11 is 1.50. The van der Waals surface area contributed by atoms with Gasteiger partial charge in [0.2, 0.25) is 0 Å². The number of anilines is 1. The normalized spacial score (nSPS) is 13.9. The van der Waals surface area contributed by atoms with E-state index in [1.807, 2.05) is 6.26 Å². The lowest BCUT2D eigenvalue weighted by atomic mass is 10.1. The lowest BCUT2D eigenvalue weighted by Crippen LogP contribution is -2.36. The van der Waals surface area contributed by atoms with Crippen molar-refractivity contribution in [2.45, 2.75) is 19.1 Å². The van der Waals surface area contributed by atoms with Crippen LogP contribution in [-0.2, 0) is 6.61 Å². The highest BCUT2D eigenvalue weighted by Gasteiger charge is 2.21.